The molecule has 34 heavy (non-hydrogen) atoms. The van der Waals surface area contributed by atoms with Crippen LogP contribution >= 0.6 is 0 Å². The van der Waals surface area contributed by atoms with Crippen LogP contribution in [0.3, 0.4) is 0 Å². The van der Waals surface area contributed by atoms with Crippen molar-refractivity contribution in [3.8, 4) is 17.2 Å². The maximum absolute atomic E-state index is 9.28. The Hall–Kier alpha value is -4.84. The van der Waals surface area contributed by atoms with Crippen LogP contribution in [0, 0.1) is 11.3 Å². The molecule has 158 valence electrons. The number of nitriles is 1. The summed E-state index contributed by atoms with van der Waals surface area (Å²) < 4.78 is 0. The Morgan fingerprint density at radius 3 is 2.12 bits per heavy atom. The number of nitrogens with zero attached hydrogens (tertiary/aromatic N) is 4. The molecule has 0 saturated heterocycles. The maximum atomic E-state index is 9.28. The smallest absolute Gasteiger partial charge is 0.101 e. The van der Waals surface area contributed by atoms with E-state index in [2.05, 4.69) is 82.6 Å². The van der Waals surface area contributed by atoms with E-state index in [9.17, 15) is 10.7 Å². The topological polar surface area (TPSA) is 71.3 Å². The van der Waals surface area contributed by atoms with Gasteiger partial charge in [-0.2, -0.15) is 5.26 Å². The first-order chi connectivity index (χ1) is 16.7. The molecule has 0 N–H and O–H groups in total. The van der Waals surface area contributed by atoms with Crippen LogP contribution in [0.4, 0.5) is 0 Å². The van der Waals surface area contributed by atoms with E-state index >= 15 is 0 Å². The van der Waals surface area contributed by atoms with Crippen LogP contribution in [0.2, 0.25) is 0 Å². The molecule has 1 aliphatic heterocycles. The lowest BCUT2D eigenvalue weighted by Gasteiger charge is -2.15. The molecule has 0 radical (unpaired) electrons. The Morgan fingerprint density at radius 2 is 1.41 bits per heavy atom. The standard InChI is InChI=1S/C30H17N4/c31-13-19-9-23(17-33-15-19)21-5-7-27-28-8-6-22(24-10-20(14-32)16-34-18-24)12-30(28)26-4-2-1-3-25(26)29(27)11-21/h1-12,15-17H,18H2/q-1. The number of hydrogen-bond donors (Lipinski definition) is 0. The van der Waals surface area contributed by atoms with Crippen molar-refractivity contribution in [1.29, 1.82) is 5.26 Å². The van der Waals surface area contributed by atoms with Gasteiger partial charge in [-0.3, -0.25) is 15.8 Å². The average molecular weight is 433 g/mol. The molecule has 0 bridgehead atoms. The molecule has 4 nitrogen and oxygen atoms in total. The zero-order valence-electron chi connectivity index (χ0n) is 18.2. The van der Waals surface area contributed by atoms with Crippen LogP contribution in [0.1, 0.15) is 11.1 Å². The number of pyridine rings is 1. The highest BCUT2D eigenvalue weighted by Gasteiger charge is 2.13. The van der Waals surface area contributed by atoms with Gasteiger partial charge in [-0.1, -0.05) is 48.5 Å². The number of benzene rings is 4. The molecule has 0 atom stereocenters. The molecule has 6 rings (SSSR count). The molecule has 1 aliphatic rings. The second-order valence-corrected chi connectivity index (χ2v) is 8.35. The summed E-state index contributed by atoms with van der Waals surface area (Å²) in [6, 6.07) is 25.4. The van der Waals surface area contributed by atoms with Crippen molar-refractivity contribution >= 4 is 50.0 Å². The first-order valence-electron chi connectivity index (χ1n) is 11.0. The van der Waals surface area contributed by atoms with Gasteiger partial charge in [-0.05, 0) is 73.3 Å². The quantitative estimate of drug-likeness (QED) is 0.229. The second-order valence-electron chi connectivity index (χ2n) is 8.35. The fourth-order valence-electron chi connectivity index (χ4n) is 4.74. The number of allylic oxidation sites excluding steroid dienone is 2. The summed E-state index contributed by atoms with van der Waals surface area (Å²) in [5.41, 5.74) is 5.21. The van der Waals surface area contributed by atoms with Gasteiger partial charge in [0.2, 0.25) is 0 Å². The highest BCUT2D eigenvalue weighted by molar-refractivity contribution is 6.26. The summed E-state index contributed by atoms with van der Waals surface area (Å²) in [6.07, 6.45) is 6.93. The molecule has 0 spiro atoms. The lowest BCUT2D eigenvalue weighted by atomic mass is 9.90. The van der Waals surface area contributed by atoms with Gasteiger partial charge in [-0.15, -0.1) is 0 Å². The summed E-state index contributed by atoms with van der Waals surface area (Å²) >= 11 is 0. The maximum Gasteiger partial charge on any atom is 0.101 e. The SMILES string of the molecule is N#Cc1cncc(-c2ccc3c4ccc(C5=CC(=C=[N-])C=NC5)cc4c4ccccc4c3c2)c1. The molecule has 4 aromatic carbocycles. The van der Waals surface area contributed by atoms with Crippen LogP contribution in [0.5, 0.6) is 0 Å². The Morgan fingerprint density at radius 1 is 0.735 bits per heavy atom. The van der Waals surface area contributed by atoms with Crippen molar-refractivity contribution < 1.29 is 0 Å². The lowest BCUT2D eigenvalue weighted by Crippen LogP contribution is -1.98. The van der Waals surface area contributed by atoms with Crippen molar-refractivity contribution in [3.63, 3.8) is 0 Å². The minimum absolute atomic E-state index is 0.548. The largest absolute Gasteiger partial charge is 0.763 e. The Bertz CT molecular complexity index is 1770. The van der Waals surface area contributed by atoms with Crippen LogP contribution in [-0.4, -0.2) is 23.6 Å². The summed E-state index contributed by atoms with van der Waals surface area (Å²) in [6.45, 7) is 0.571. The second kappa shape index (κ2) is 7.94. The third kappa shape index (κ3) is 3.20. The van der Waals surface area contributed by atoms with Crippen LogP contribution in [-0.2, 0) is 0 Å². The molecule has 2 heterocycles. The normalized spacial score (nSPS) is 13.1. The minimum atomic E-state index is 0.548. The van der Waals surface area contributed by atoms with Crippen LogP contribution in [0.15, 0.2) is 95.8 Å². The summed E-state index contributed by atoms with van der Waals surface area (Å²) in [4.78, 5) is 8.58. The first kappa shape index (κ1) is 19.8. The van der Waals surface area contributed by atoms with Gasteiger partial charge in [0.1, 0.15) is 6.07 Å². The molecule has 5 aromatic rings. The number of aliphatic imine (C=N–C) groups is 1. The highest BCUT2D eigenvalue weighted by atomic mass is 14.7. The number of rotatable bonds is 2. The first-order valence-corrected chi connectivity index (χ1v) is 11.0. The molecule has 0 aliphatic carbocycles. The van der Waals surface area contributed by atoms with Crippen molar-refractivity contribution in [2.45, 2.75) is 0 Å². The van der Waals surface area contributed by atoms with Crippen LogP contribution < -0.4 is 0 Å². The van der Waals surface area contributed by atoms with E-state index in [0.29, 0.717) is 17.7 Å². The minimum Gasteiger partial charge on any atom is -0.763 e. The number of fused-ring (bicyclic) bond motifs is 6. The average Bonchev–Trinajstić information content (AvgIpc) is 2.92. The summed E-state index contributed by atoms with van der Waals surface area (Å²) in [7, 11) is 0. The molecule has 0 unspecified atom stereocenters. The van der Waals surface area contributed by atoms with Gasteiger partial charge in [0.05, 0.1) is 12.1 Å². The predicted molar refractivity (Wildman–Crippen MR) is 140 cm³/mol. The monoisotopic (exact) mass is 433 g/mol. The number of dihydropyridines is 1. The van der Waals surface area contributed by atoms with E-state index in [1.807, 2.05) is 12.1 Å². The fraction of sp³-hybridized carbons (Fsp3) is 0.0333. The van der Waals surface area contributed by atoms with Crippen molar-refractivity contribution in [2.75, 3.05) is 6.54 Å². The fourth-order valence-corrected chi connectivity index (χ4v) is 4.74. The number of hydrogen-bond acceptors (Lipinski definition) is 3. The molecule has 0 fully saturated rings. The zero-order valence-corrected chi connectivity index (χ0v) is 18.2. The van der Waals surface area contributed by atoms with E-state index < -0.39 is 0 Å². The van der Waals surface area contributed by atoms with E-state index in [1.54, 1.807) is 18.6 Å². The summed E-state index contributed by atoms with van der Waals surface area (Å²) in [5, 5.41) is 25.6. The van der Waals surface area contributed by atoms with Crippen molar-refractivity contribution in [1.82, 2.24) is 4.98 Å². The molecular formula is C30H17N4-. The molecule has 1 aromatic heterocycles. The van der Waals surface area contributed by atoms with Gasteiger partial charge >= 0.3 is 0 Å². The third-order valence-corrected chi connectivity index (χ3v) is 6.36. The molecule has 4 heteroatoms. The molecular weight excluding hydrogens is 416 g/mol. The lowest BCUT2D eigenvalue weighted by molar-refractivity contribution is 1.25. The Kier molecular flexibility index (Phi) is 4.63. The van der Waals surface area contributed by atoms with E-state index in [1.165, 1.54) is 26.9 Å². The molecule has 0 amide bonds. The Labute approximate surface area is 196 Å². The number of aromatic nitrogens is 1. The Balaban J connectivity index is 1.61. The zero-order chi connectivity index (χ0) is 23.1. The third-order valence-electron chi connectivity index (χ3n) is 6.36. The van der Waals surface area contributed by atoms with Crippen molar-refractivity contribution in [2.24, 2.45) is 4.99 Å². The van der Waals surface area contributed by atoms with Gasteiger partial charge in [-0.25, -0.2) is 0 Å². The van der Waals surface area contributed by atoms with E-state index in [4.69, 9.17) is 0 Å². The van der Waals surface area contributed by atoms with Gasteiger partial charge in [0, 0.05) is 29.7 Å². The predicted octanol–water partition coefficient (Wildman–Crippen LogP) is 6.71. The van der Waals surface area contributed by atoms with Crippen molar-refractivity contribution in [3.05, 3.63) is 107 Å². The highest BCUT2D eigenvalue weighted by Crippen LogP contribution is 2.38. The van der Waals surface area contributed by atoms with Gasteiger partial charge < -0.3 is 5.41 Å². The molecule has 0 saturated carbocycles. The van der Waals surface area contributed by atoms with Crippen LogP contribution in [0.25, 0.3) is 54.4 Å². The van der Waals surface area contributed by atoms with E-state index in [-0.39, 0.29) is 0 Å². The van der Waals surface area contributed by atoms with Gasteiger partial charge in [0.15, 0.2) is 0 Å². The van der Waals surface area contributed by atoms with E-state index in [0.717, 1.165) is 27.6 Å². The summed E-state index contributed by atoms with van der Waals surface area (Å²) in [5.74, 6) is 2.19. The van der Waals surface area contributed by atoms with Gasteiger partial charge in [0.25, 0.3) is 0 Å².